The van der Waals surface area contributed by atoms with Crippen LogP contribution < -0.4 is 14.2 Å². The number of hydrogen-bond donors (Lipinski definition) is 0. The van der Waals surface area contributed by atoms with Crippen LogP contribution in [0, 0.1) is 34.6 Å². The summed E-state index contributed by atoms with van der Waals surface area (Å²) in [6.45, 7) is 28.0. The lowest BCUT2D eigenvalue weighted by Gasteiger charge is -2.14. The van der Waals surface area contributed by atoms with Crippen molar-refractivity contribution in [3.05, 3.63) is 122 Å². The van der Waals surface area contributed by atoms with Gasteiger partial charge in [-0.25, -0.2) is 0 Å². The van der Waals surface area contributed by atoms with Crippen LogP contribution in [-0.4, -0.2) is 21.3 Å². The van der Waals surface area contributed by atoms with Crippen molar-refractivity contribution >= 4 is 11.6 Å². The molecule has 0 atom stereocenters. The second-order valence-electron chi connectivity index (χ2n) is 14.0. The van der Waals surface area contributed by atoms with E-state index in [1.807, 2.05) is 31.2 Å². The maximum Gasteiger partial charge on any atom is 0.163 e. The van der Waals surface area contributed by atoms with E-state index in [0.717, 1.165) is 27.8 Å². The van der Waals surface area contributed by atoms with E-state index in [9.17, 15) is 0 Å². The summed E-state index contributed by atoms with van der Waals surface area (Å²) < 4.78 is 15.7. The fourth-order valence-corrected chi connectivity index (χ4v) is 5.48. The van der Waals surface area contributed by atoms with E-state index in [-0.39, 0.29) is 7.43 Å². The van der Waals surface area contributed by atoms with E-state index in [0.29, 0.717) is 23.7 Å². The first-order valence-corrected chi connectivity index (χ1v) is 17.5. The van der Waals surface area contributed by atoms with Crippen molar-refractivity contribution in [2.24, 2.45) is 0 Å². The van der Waals surface area contributed by atoms with Gasteiger partial charge in [0, 0.05) is 5.02 Å². The lowest BCUT2D eigenvalue weighted by Crippen LogP contribution is -1.96. The summed E-state index contributed by atoms with van der Waals surface area (Å²) in [6.07, 6.45) is 0. The Morgan fingerprint density at radius 3 is 1.20 bits per heavy atom. The van der Waals surface area contributed by atoms with Crippen LogP contribution in [0.15, 0.2) is 66.7 Å². The van der Waals surface area contributed by atoms with Crippen LogP contribution >= 0.6 is 11.6 Å². The highest BCUT2D eigenvalue weighted by Crippen LogP contribution is 2.34. The van der Waals surface area contributed by atoms with Crippen LogP contribution in [0.25, 0.3) is 0 Å². The second kappa shape index (κ2) is 22.3. The van der Waals surface area contributed by atoms with E-state index >= 15 is 0 Å². The largest absolute Gasteiger partial charge is 0.497 e. The Labute approximate surface area is 306 Å². The molecule has 49 heavy (non-hydrogen) atoms. The van der Waals surface area contributed by atoms with Crippen LogP contribution in [0.1, 0.15) is 137 Å². The van der Waals surface area contributed by atoms with Gasteiger partial charge >= 0.3 is 0 Å². The molecule has 0 aliphatic rings. The first-order chi connectivity index (χ1) is 22.4. The van der Waals surface area contributed by atoms with Gasteiger partial charge in [-0.05, 0) is 128 Å². The summed E-state index contributed by atoms with van der Waals surface area (Å²) in [5, 5.41) is 0.841. The highest BCUT2D eigenvalue weighted by molar-refractivity contribution is 6.30. The lowest BCUT2D eigenvalue weighted by atomic mass is 9.99. The van der Waals surface area contributed by atoms with Gasteiger partial charge in [-0.2, -0.15) is 0 Å². The van der Waals surface area contributed by atoms with Crippen LogP contribution in [0.5, 0.6) is 17.2 Å². The maximum atomic E-state index is 5.89. The van der Waals surface area contributed by atoms with Crippen LogP contribution in [0.2, 0.25) is 5.02 Å². The quantitative estimate of drug-likeness (QED) is 0.193. The van der Waals surface area contributed by atoms with Crippen molar-refractivity contribution < 1.29 is 14.2 Å². The molecule has 0 aliphatic heterocycles. The van der Waals surface area contributed by atoms with E-state index < -0.39 is 0 Å². The number of hydrogen-bond acceptors (Lipinski definition) is 3. The third-order valence-corrected chi connectivity index (χ3v) is 8.19. The first kappa shape index (κ1) is 45.6. The van der Waals surface area contributed by atoms with Gasteiger partial charge in [-0.1, -0.05) is 122 Å². The van der Waals surface area contributed by atoms with Gasteiger partial charge < -0.3 is 14.2 Å². The molecule has 3 nitrogen and oxygen atoms in total. The first-order valence-electron chi connectivity index (χ1n) is 17.2. The van der Waals surface area contributed by atoms with Crippen molar-refractivity contribution in [1.29, 1.82) is 0 Å². The van der Waals surface area contributed by atoms with Gasteiger partial charge in [0.05, 0.1) is 21.3 Å². The Morgan fingerprint density at radius 1 is 0.429 bits per heavy atom. The highest BCUT2D eigenvalue weighted by Gasteiger charge is 2.10. The van der Waals surface area contributed by atoms with Gasteiger partial charge in [0.2, 0.25) is 0 Å². The average Bonchev–Trinajstić information content (AvgIpc) is 3.00. The molecule has 0 saturated carbocycles. The Morgan fingerprint density at radius 2 is 0.816 bits per heavy atom. The fraction of sp³-hybridized carbons (Fsp3) is 0.467. The number of aryl methyl sites for hydroxylation is 5. The molecule has 0 bridgehead atoms. The van der Waals surface area contributed by atoms with Gasteiger partial charge in [0.25, 0.3) is 0 Å². The maximum absolute atomic E-state index is 5.89. The van der Waals surface area contributed by atoms with E-state index in [1.165, 1.54) is 44.5 Å². The molecule has 0 saturated heterocycles. The Bertz CT molecular complexity index is 1450. The number of methoxy groups -OCH3 is 3. The van der Waals surface area contributed by atoms with Gasteiger partial charge in [-0.3, -0.25) is 0 Å². The summed E-state index contributed by atoms with van der Waals surface area (Å²) in [4.78, 5) is 0. The summed E-state index contributed by atoms with van der Waals surface area (Å²) in [5.41, 5.74) is 11.7. The monoisotopic (exact) mass is 690 g/mol. The van der Waals surface area contributed by atoms with Crippen LogP contribution in [-0.2, 0) is 0 Å². The van der Waals surface area contributed by atoms with Crippen molar-refractivity contribution in [3.63, 3.8) is 0 Å². The van der Waals surface area contributed by atoms with Gasteiger partial charge in [-0.15, -0.1) is 0 Å². The molecule has 4 aromatic rings. The fourth-order valence-electron chi connectivity index (χ4n) is 5.18. The third kappa shape index (κ3) is 16.2. The molecule has 272 valence electrons. The molecule has 0 unspecified atom stereocenters. The summed E-state index contributed by atoms with van der Waals surface area (Å²) in [5.74, 6) is 4.89. The molecule has 0 spiro atoms. The van der Waals surface area contributed by atoms with Crippen LogP contribution in [0.4, 0.5) is 0 Å². The lowest BCUT2D eigenvalue weighted by molar-refractivity contribution is 0.352. The predicted octanol–water partition coefficient (Wildman–Crippen LogP) is 14.1. The minimum absolute atomic E-state index is 0. The minimum Gasteiger partial charge on any atom is -0.497 e. The highest BCUT2D eigenvalue weighted by atomic mass is 35.5. The topological polar surface area (TPSA) is 27.7 Å². The average molecular weight is 691 g/mol. The van der Waals surface area contributed by atoms with Crippen molar-refractivity contribution in [2.75, 3.05) is 21.3 Å². The van der Waals surface area contributed by atoms with Gasteiger partial charge in [0.1, 0.15) is 5.75 Å². The summed E-state index contributed by atoms with van der Waals surface area (Å²) in [7, 11) is 5.04. The summed E-state index contributed by atoms with van der Waals surface area (Å²) >= 11 is 5.89. The Kier molecular flexibility index (Phi) is 20.8. The van der Waals surface area contributed by atoms with Crippen molar-refractivity contribution in [3.8, 4) is 17.2 Å². The zero-order valence-corrected chi connectivity index (χ0v) is 33.5. The van der Waals surface area contributed by atoms with Gasteiger partial charge in [0.15, 0.2) is 11.5 Å². The zero-order valence-electron chi connectivity index (χ0n) is 32.8. The second-order valence-corrected chi connectivity index (χ2v) is 14.4. The van der Waals surface area contributed by atoms with E-state index in [1.54, 1.807) is 21.3 Å². The molecular formula is C45H67ClO3. The molecule has 0 fully saturated rings. The molecule has 0 amide bonds. The number of halogens is 1. The smallest absolute Gasteiger partial charge is 0.163 e. The van der Waals surface area contributed by atoms with Crippen LogP contribution in [0.3, 0.4) is 0 Å². The Balaban J connectivity index is 0.000000626. The van der Waals surface area contributed by atoms with E-state index in [4.69, 9.17) is 25.8 Å². The van der Waals surface area contributed by atoms with E-state index in [2.05, 4.69) is 126 Å². The van der Waals surface area contributed by atoms with Crippen molar-refractivity contribution in [1.82, 2.24) is 0 Å². The Hall–Kier alpha value is -3.43. The molecule has 0 N–H and O–H groups in total. The number of benzene rings is 4. The number of ether oxygens (including phenoxy) is 3. The zero-order chi connectivity index (χ0) is 36.7. The SMILES string of the molecule is C.COc1cc(C(C)C)cc(C)c1OC.COc1cc(C)cc(C(C)C)c1.Cc1cc(C)cc(C(C)C)c1.Cc1cc(Cl)cc(C(C)C)c1. The molecule has 4 aromatic carbocycles. The minimum atomic E-state index is 0. The summed E-state index contributed by atoms with van der Waals surface area (Å²) in [6, 6.07) is 23.4. The third-order valence-electron chi connectivity index (χ3n) is 7.97. The molecule has 0 radical (unpaired) electrons. The molecule has 4 rings (SSSR count). The predicted molar refractivity (Wildman–Crippen MR) is 217 cm³/mol. The number of rotatable bonds is 7. The normalized spacial score (nSPS) is 10.3. The molecular weight excluding hydrogens is 624 g/mol. The molecule has 0 aliphatic carbocycles. The van der Waals surface area contributed by atoms with Crippen molar-refractivity contribution in [2.45, 2.75) is 121 Å². The molecule has 0 heterocycles. The molecule has 0 aromatic heterocycles. The standard InChI is InChI=1S/C12H18O2.C11H16O.C11H16.C10H13Cl.CH4/c1-8(2)10-6-9(3)12(14-5)11(7-10)13-4;1-8(2)10-5-9(3)6-11(7-10)12-4;1-8(2)11-6-9(3)5-10(4)7-11;1-7(2)9-4-8(3)5-10(11)6-9;/h6-8H,1-5H3;5-8H,1-4H3;5-8H,1-4H3;4-7H,1-3H3;1H4. The molecule has 4 heteroatoms.